The molecule has 1 aliphatic heterocycles. The van der Waals surface area contributed by atoms with Crippen molar-refractivity contribution in [3.8, 4) is 0 Å². The quantitative estimate of drug-likeness (QED) is 0.722. The largest absolute Gasteiger partial charge is 0.303 e. The highest BCUT2D eigenvalue weighted by atomic mass is 16.1. The van der Waals surface area contributed by atoms with Crippen LogP contribution in [0.3, 0.4) is 0 Å². The van der Waals surface area contributed by atoms with Crippen LogP contribution in [0.5, 0.6) is 0 Å². The van der Waals surface area contributed by atoms with Gasteiger partial charge in [0.25, 0.3) is 0 Å². The number of aldehydes is 1. The number of piperidine rings is 1. The molecule has 0 bridgehead atoms. The molecule has 16 heavy (non-hydrogen) atoms. The summed E-state index contributed by atoms with van der Waals surface area (Å²) in [6.07, 6.45) is 4.23. The SMILES string of the molecule is O=CC[C@@H]1CCCN(Cc2ccccc2)C1. The third-order valence-electron chi connectivity index (χ3n) is 3.28. The summed E-state index contributed by atoms with van der Waals surface area (Å²) in [7, 11) is 0. The van der Waals surface area contributed by atoms with Gasteiger partial charge in [0.05, 0.1) is 0 Å². The predicted molar refractivity (Wildman–Crippen MR) is 65.1 cm³/mol. The van der Waals surface area contributed by atoms with Crippen LogP contribution in [-0.4, -0.2) is 24.3 Å². The van der Waals surface area contributed by atoms with E-state index in [1.165, 1.54) is 24.9 Å². The molecule has 1 atom stereocenters. The first kappa shape index (κ1) is 11.3. The topological polar surface area (TPSA) is 20.3 Å². The number of hydrogen-bond donors (Lipinski definition) is 0. The summed E-state index contributed by atoms with van der Waals surface area (Å²) in [5.74, 6) is 0.579. The summed E-state index contributed by atoms with van der Waals surface area (Å²) in [5, 5.41) is 0. The third kappa shape index (κ3) is 3.17. The summed E-state index contributed by atoms with van der Waals surface area (Å²) < 4.78 is 0. The Balaban J connectivity index is 1.88. The van der Waals surface area contributed by atoms with Gasteiger partial charge in [-0.05, 0) is 30.9 Å². The molecular weight excluding hydrogens is 198 g/mol. The van der Waals surface area contributed by atoms with Crippen molar-refractivity contribution in [1.82, 2.24) is 4.90 Å². The first-order chi connectivity index (χ1) is 7.88. The number of nitrogens with zero attached hydrogens (tertiary/aromatic N) is 1. The van der Waals surface area contributed by atoms with Crippen LogP contribution < -0.4 is 0 Å². The van der Waals surface area contributed by atoms with Gasteiger partial charge in [-0.15, -0.1) is 0 Å². The standard InChI is InChI=1S/C14H19NO/c16-10-8-14-7-4-9-15(12-14)11-13-5-2-1-3-6-13/h1-3,5-6,10,14H,4,7-9,11-12H2/t14-/m0/s1. The Morgan fingerprint density at radius 2 is 2.12 bits per heavy atom. The fourth-order valence-corrected chi connectivity index (χ4v) is 2.46. The number of rotatable bonds is 4. The molecule has 1 aliphatic rings. The maximum Gasteiger partial charge on any atom is 0.120 e. The smallest absolute Gasteiger partial charge is 0.120 e. The fraction of sp³-hybridized carbons (Fsp3) is 0.500. The van der Waals surface area contributed by atoms with Crippen LogP contribution in [0.4, 0.5) is 0 Å². The van der Waals surface area contributed by atoms with Crippen LogP contribution in [0.25, 0.3) is 0 Å². The molecule has 0 unspecified atom stereocenters. The Morgan fingerprint density at radius 3 is 2.88 bits per heavy atom. The van der Waals surface area contributed by atoms with Crippen molar-refractivity contribution in [3.63, 3.8) is 0 Å². The normalized spacial score (nSPS) is 21.9. The monoisotopic (exact) mass is 217 g/mol. The van der Waals surface area contributed by atoms with Crippen LogP contribution in [0.1, 0.15) is 24.8 Å². The van der Waals surface area contributed by atoms with Crippen molar-refractivity contribution in [3.05, 3.63) is 35.9 Å². The van der Waals surface area contributed by atoms with Gasteiger partial charge in [0.15, 0.2) is 0 Å². The molecule has 2 nitrogen and oxygen atoms in total. The molecule has 0 radical (unpaired) electrons. The Kier molecular flexibility index (Phi) is 4.11. The Bertz CT molecular complexity index is 323. The molecule has 1 saturated heterocycles. The fourth-order valence-electron chi connectivity index (χ4n) is 2.46. The minimum Gasteiger partial charge on any atom is -0.303 e. The summed E-state index contributed by atoms with van der Waals surface area (Å²) in [4.78, 5) is 13.0. The number of carbonyl (C=O) groups is 1. The van der Waals surface area contributed by atoms with Crippen LogP contribution in [0, 0.1) is 5.92 Å². The molecule has 0 N–H and O–H groups in total. The van der Waals surface area contributed by atoms with Gasteiger partial charge in [-0.1, -0.05) is 30.3 Å². The minimum atomic E-state index is 0.579. The van der Waals surface area contributed by atoms with E-state index >= 15 is 0 Å². The van der Waals surface area contributed by atoms with Crippen LogP contribution >= 0.6 is 0 Å². The molecular formula is C14H19NO. The van der Waals surface area contributed by atoms with Gasteiger partial charge in [0, 0.05) is 19.5 Å². The molecule has 1 heterocycles. The van der Waals surface area contributed by atoms with E-state index in [0.29, 0.717) is 5.92 Å². The van der Waals surface area contributed by atoms with Gasteiger partial charge in [-0.2, -0.15) is 0 Å². The summed E-state index contributed by atoms with van der Waals surface area (Å²) in [5.41, 5.74) is 1.37. The average Bonchev–Trinajstić information content (AvgIpc) is 2.31. The second-order valence-electron chi connectivity index (χ2n) is 4.63. The first-order valence-electron chi connectivity index (χ1n) is 6.08. The van der Waals surface area contributed by atoms with Gasteiger partial charge in [-0.25, -0.2) is 0 Å². The molecule has 86 valence electrons. The number of likely N-dealkylation sites (tertiary alicyclic amines) is 1. The van der Waals surface area contributed by atoms with Crippen molar-refractivity contribution in [2.45, 2.75) is 25.8 Å². The zero-order chi connectivity index (χ0) is 11.2. The van der Waals surface area contributed by atoms with Crippen LogP contribution in [0.2, 0.25) is 0 Å². The molecule has 1 aromatic rings. The van der Waals surface area contributed by atoms with Gasteiger partial charge in [-0.3, -0.25) is 4.90 Å². The summed E-state index contributed by atoms with van der Waals surface area (Å²) >= 11 is 0. The van der Waals surface area contributed by atoms with Crippen molar-refractivity contribution < 1.29 is 4.79 Å². The highest BCUT2D eigenvalue weighted by molar-refractivity contribution is 5.49. The molecule has 1 fully saturated rings. The van der Waals surface area contributed by atoms with Gasteiger partial charge in [0.1, 0.15) is 6.29 Å². The lowest BCUT2D eigenvalue weighted by Crippen LogP contribution is -2.35. The highest BCUT2D eigenvalue weighted by Crippen LogP contribution is 2.20. The first-order valence-corrected chi connectivity index (χ1v) is 6.08. The molecule has 0 aliphatic carbocycles. The van der Waals surface area contributed by atoms with E-state index in [0.717, 1.165) is 25.8 Å². The lowest BCUT2D eigenvalue weighted by molar-refractivity contribution is -0.109. The lowest BCUT2D eigenvalue weighted by Gasteiger charge is -2.31. The number of carbonyl (C=O) groups excluding carboxylic acids is 1. The van der Waals surface area contributed by atoms with Crippen LogP contribution in [-0.2, 0) is 11.3 Å². The summed E-state index contributed by atoms with van der Waals surface area (Å²) in [6.45, 7) is 3.27. The molecule has 0 saturated carbocycles. The third-order valence-corrected chi connectivity index (χ3v) is 3.28. The van der Waals surface area contributed by atoms with Crippen molar-refractivity contribution >= 4 is 6.29 Å². The van der Waals surface area contributed by atoms with E-state index in [9.17, 15) is 4.79 Å². The highest BCUT2D eigenvalue weighted by Gasteiger charge is 2.19. The van der Waals surface area contributed by atoms with E-state index in [1.807, 2.05) is 0 Å². The van der Waals surface area contributed by atoms with E-state index in [1.54, 1.807) is 0 Å². The number of benzene rings is 1. The van der Waals surface area contributed by atoms with Crippen molar-refractivity contribution in [2.75, 3.05) is 13.1 Å². The predicted octanol–water partition coefficient (Wildman–Crippen LogP) is 2.49. The molecule has 2 rings (SSSR count). The van der Waals surface area contributed by atoms with Gasteiger partial charge >= 0.3 is 0 Å². The molecule has 2 heteroatoms. The van der Waals surface area contributed by atoms with Crippen molar-refractivity contribution in [2.24, 2.45) is 5.92 Å². The molecule has 1 aromatic carbocycles. The number of hydrogen-bond acceptors (Lipinski definition) is 2. The maximum absolute atomic E-state index is 10.5. The van der Waals surface area contributed by atoms with E-state index in [-0.39, 0.29) is 0 Å². The molecule has 0 spiro atoms. The van der Waals surface area contributed by atoms with E-state index in [4.69, 9.17) is 0 Å². The lowest BCUT2D eigenvalue weighted by atomic mass is 9.95. The second-order valence-corrected chi connectivity index (χ2v) is 4.63. The molecule has 0 amide bonds. The second kappa shape index (κ2) is 5.80. The van der Waals surface area contributed by atoms with Gasteiger partial charge < -0.3 is 4.79 Å². The van der Waals surface area contributed by atoms with Gasteiger partial charge in [0.2, 0.25) is 0 Å². The van der Waals surface area contributed by atoms with Crippen LogP contribution in [0.15, 0.2) is 30.3 Å². The van der Waals surface area contributed by atoms with E-state index in [2.05, 4.69) is 35.2 Å². The Hall–Kier alpha value is -1.15. The van der Waals surface area contributed by atoms with Crippen molar-refractivity contribution in [1.29, 1.82) is 0 Å². The average molecular weight is 217 g/mol. The zero-order valence-corrected chi connectivity index (χ0v) is 9.64. The Morgan fingerprint density at radius 1 is 1.31 bits per heavy atom. The maximum atomic E-state index is 10.5. The molecule has 0 aromatic heterocycles. The van der Waals surface area contributed by atoms with E-state index < -0.39 is 0 Å². The Labute approximate surface area is 97.3 Å². The summed E-state index contributed by atoms with van der Waals surface area (Å²) in [6, 6.07) is 10.6. The minimum absolute atomic E-state index is 0.579. The zero-order valence-electron chi connectivity index (χ0n) is 9.64.